The standard InChI is InChI=1S/C87H161NO10/c1-3-5-7-9-11-13-15-17-18-19-41-45-48-51-55-59-63-67-71-75-83(92)96-76-72-68-64-60-56-52-49-46-43-40-38-36-34-32-30-28-26-24-22-20-21-23-25-27-29-31-33-35-37-39-42-44-47-50-54-58-62-66-70-74-82(91)88-79(78-97-87-86(95)85(94)84(93)81(77-89)98-87)80(90)73-69-65-61-57-53-16-14-12-10-8-6-4-2/h11,13,17-18,20-21,24,26,69,73,79-81,84-87,89-90,93-95H,3-10,12,14-16,19,22-23,25,27-68,70-72,74-78H2,1-2H3,(H,88,91)/b13-11-,18-17-,21-20-,26-24-,73-69+. The quantitative estimate of drug-likeness (QED) is 0.0195. The number of aliphatic hydroxyl groups is 5. The Morgan fingerprint density at radius 1 is 0.378 bits per heavy atom. The summed E-state index contributed by atoms with van der Waals surface area (Å²) in [5, 5.41) is 54.6. The highest BCUT2D eigenvalue weighted by atomic mass is 16.7. The average Bonchev–Trinajstić information content (AvgIpc) is 0.832. The number of allylic oxidation sites excluding steroid dienone is 9. The molecule has 0 aromatic rings. The van der Waals surface area contributed by atoms with Crippen LogP contribution in [0.15, 0.2) is 60.8 Å². The van der Waals surface area contributed by atoms with Crippen molar-refractivity contribution in [2.24, 2.45) is 0 Å². The fourth-order valence-electron chi connectivity index (χ4n) is 13.4. The zero-order valence-electron chi connectivity index (χ0n) is 64.3. The molecular formula is C87H161NO10. The Labute approximate surface area is 605 Å². The molecule has 0 aromatic heterocycles. The van der Waals surface area contributed by atoms with Crippen molar-refractivity contribution in [1.82, 2.24) is 5.32 Å². The van der Waals surface area contributed by atoms with Crippen LogP contribution < -0.4 is 5.32 Å². The number of aliphatic hydroxyl groups excluding tert-OH is 5. The number of hydrogen-bond donors (Lipinski definition) is 6. The van der Waals surface area contributed by atoms with Crippen molar-refractivity contribution in [2.45, 2.75) is 461 Å². The van der Waals surface area contributed by atoms with E-state index in [1.54, 1.807) is 6.08 Å². The molecule has 0 aliphatic carbocycles. The predicted molar refractivity (Wildman–Crippen MR) is 417 cm³/mol. The van der Waals surface area contributed by atoms with Crippen molar-refractivity contribution in [1.29, 1.82) is 0 Å². The van der Waals surface area contributed by atoms with Crippen LogP contribution in [0.2, 0.25) is 0 Å². The van der Waals surface area contributed by atoms with E-state index in [-0.39, 0.29) is 18.5 Å². The van der Waals surface area contributed by atoms with Crippen LogP contribution in [0.3, 0.4) is 0 Å². The van der Waals surface area contributed by atoms with Crippen LogP contribution in [0.4, 0.5) is 0 Å². The molecule has 574 valence electrons. The zero-order valence-corrected chi connectivity index (χ0v) is 64.3. The van der Waals surface area contributed by atoms with E-state index in [0.29, 0.717) is 19.4 Å². The van der Waals surface area contributed by atoms with E-state index < -0.39 is 49.5 Å². The first-order valence-corrected chi connectivity index (χ1v) is 42.6. The van der Waals surface area contributed by atoms with Gasteiger partial charge >= 0.3 is 5.97 Å². The summed E-state index contributed by atoms with van der Waals surface area (Å²) < 4.78 is 16.8. The molecule has 98 heavy (non-hydrogen) atoms. The van der Waals surface area contributed by atoms with Crippen molar-refractivity contribution in [3.63, 3.8) is 0 Å². The van der Waals surface area contributed by atoms with Gasteiger partial charge in [0.05, 0.1) is 32.0 Å². The summed E-state index contributed by atoms with van der Waals surface area (Å²) >= 11 is 0. The lowest BCUT2D eigenvalue weighted by Crippen LogP contribution is -2.60. The van der Waals surface area contributed by atoms with Crippen molar-refractivity contribution >= 4 is 11.9 Å². The molecule has 0 saturated carbocycles. The number of carbonyl (C=O) groups excluding carboxylic acids is 2. The molecule has 6 N–H and O–H groups in total. The molecule has 1 rings (SSSR count). The molecule has 0 radical (unpaired) electrons. The van der Waals surface area contributed by atoms with Gasteiger partial charge in [-0.15, -0.1) is 0 Å². The predicted octanol–water partition coefficient (Wildman–Crippen LogP) is 23.6. The van der Waals surface area contributed by atoms with Crippen LogP contribution >= 0.6 is 0 Å². The number of carbonyl (C=O) groups is 2. The van der Waals surface area contributed by atoms with Gasteiger partial charge in [0.15, 0.2) is 6.29 Å². The second kappa shape index (κ2) is 75.5. The topological polar surface area (TPSA) is 175 Å². The van der Waals surface area contributed by atoms with Gasteiger partial charge < -0.3 is 45.1 Å². The van der Waals surface area contributed by atoms with Crippen molar-refractivity contribution in [3.8, 4) is 0 Å². The van der Waals surface area contributed by atoms with Gasteiger partial charge in [-0.1, -0.05) is 370 Å². The fraction of sp³-hybridized carbons (Fsp3) is 0.862. The minimum Gasteiger partial charge on any atom is -0.466 e. The maximum absolute atomic E-state index is 13.1. The van der Waals surface area contributed by atoms with Crippen molar-refractivity contribution in [2.75, 3.05) is 19.8 Å². The summed E-state index contributed by atoms with van der Waals surface area (Å²) in [6.07, 6.45) is 92.7. The smallest absolute Gasteiger partial charge is 0.305 e. The molecule has 11 heteroatoms. The van der Waals surface area contributed by atoms with E-state index in [1.165, 1.54) is 321 Å². The van der Waals surface area contributed by atoms with Crippen LogP contribution in [-0.4, -0.2) is 100 Å². The highest BCUT2D eigenvalue weighted by molar-refractivity contribution is 5.76. The Morgan fingerprint density at radius 3 is 1.05 bits per heavy atom. The summed E-state index contributed by atoms with van der Waals surface area (Å²) in [4.78, 5) is 25.2. The Balaban J connectivity index is 1.87. The van der Waals surface area contributed by atoms with Gasteiger partial charge in [-0.05, 0) is 96.3 Å². The molecule has 0 aromatic carbocycles. The summed E-state index contributed by atoms with van der Waals surface area (Å²) in [5.41, 5.74) is 0. The second-order valence-corrected chi connectivity index (χ2v) is 29.5. The third-order valence-corrected chi connectivity index (χ3v) is 20.1. The molecule has 0 spiro atoms. The van der Waals surface area contributed by atoms with E-state index in [0.717, 1.165) is 70.6 Å². The van der Waals surface area contributed by atoms with E-state index >= 15 is 0 Å². The molecule has 1 heterocycles. The van der Waals surface area contributed by atoms with E-state index in [4.69, 9.17) is 14.2 Å². The van der Waals surface area contributed by atoms with Crippen LogP contribution in [0.25, 0.3) is 0 Å². The first-order valence-electron chi connectivity index (χ1n) is 42.6. The highest BCUT2D eigenvalue weighted by Crippen LogP contribution is 2.24. The Kier molecular flexibility index (Phi) is 71.9. The zero-order chi connectivity index (χ0) is 70.8. The molecular weight excluding hydrogens is 1220 g/mol. The Bertz CT molecular complexity index is 1820. The monoisotopic (exact) mass is 1380 g/mol. The summed E-state index contributed by atoms with van der Waals surface area (Å²) in [5.74, 6) is -0.166. The fourth-order valence-corrected chi connectivity index (χ4v) is 13.4. The molecule has 11 nitrogen and oxygen atoms in total. The number of unbranched alkanes of at least 4 members (excludes halogenated alkanes) is 54. The lowest BCUT2D eigenvalue weighted by Gasteiger charge is -2.40. The summed E-state index contributed by atoms with van der Waals surface area (Å²) in [6.45, 7) is 4.36. The highest BCUT2D eigenvalue weighted by Gasteiger charge is 2.44. The summed E-state index contributed by atoms with van der Waals surface area (Å²) in [6, 6.07) is -0.808. The average molecular weight is 1380 g/mol. The van der Waals surface area contributed by atoms with Gasteiger partial charge in [-0.3, -0.25) is 9.59 Å². The summed E-state index contributed by atoms with van der Waals surface area (Å²) in [7, 11) is 0. The van der Waals surface area contributed by atoms with Crippen molar-refractivity contribution < 1.29 is 49.3 Å². The molecule has 1 fully saturated rings. The first kappa shape index (κ1) is 93.4. The molecule has 1 amide bonds. The van der Waals surface area contributed by atoms with Crippen LogP contribution in [0.1, 0.15) is 418 Å². The van der Waals surface area contributed by atoms with Crippen LogP contribution in [0, 0.1) is 0 Å². The molecule has 1 aliphatic rings. The maximum atomic E-state index is 13.1. The lowest BCUT2D eigenvalue weighted by atomic mass is 9.99. The number of amides is 1. The van der Waals surface area contributed by atoms with Crippen LogP contribution in [-0.2, 0) is 23.8 Å². The number of ether oxygens (including phenoxy) is 3. The molecule has 7 unspecified atom stereocenters. The largest absolute Gasteiger partial charge is 0.466 e. The second-order valence-electron chi connectivity index (χ2n) is 29.5. The van der Waals surface area contributed by atoms with Crippen LogP contribution in [0.5, 0.6) is 0 Å². The van der Waals surface area contributed by atoms with E-state index in [1.807, 2.05) is 6.08 Å². The normalized spacial score (nSPS) is 17.5. The number of nitrogens with one attached hydrogen (secondary N) is 1. The van der Waals surface area contributed by atoms with Gasteiger partial charge in [-0.25, -0.2) is 0 Å². The lowest BCUT2D eigenvalue weighted by molar-refractivity contribution is -0.302. The molecule has 7 atom stereocenters. The van der Waals surface area contributed by atoms with Gasteiger partial charge in [-0.2, -0.15) is 0 Å². The van der Waals surface area contributed by atoms with E-state index in [9.17, 15) is 35.1 Å². The number of hydrogen-bond acceptors (Lipinski definition) is 10. The van der Waals surface area contributed by atoms with Gasteiger partial charge in [0.2, 0.25) is 5.91 Å². The van der Waals surface area contributed by atoms with Gasteiger partial charge in [0.25, 0.3) is 0 Å². The first-order chi connectivity index (χ1) is 48.2. The minimum atomic E-state index is -1.57. The molecule has 1 aliphatic heterocycles. The van der Waals surface area contributed by atoms with Gasteiger partial charge in [0, 0.05) is 12.8 Å². The third-order valence-electron chi connectivity index (χ3n) is 20.1. The Morgan fingerprint density at radius 2 is 0.684 bits per heavy atom. The third kappa shape index (κ3) is 63.1. The van der Waals surface area contributed by atoms with E-state index in [2.05, 4.69) is 67.8 Å². The maximum Gasteiger partial charge on any atom is 0.305 e. The minimum absolute atomic E-state index is 0.0112. The van der Waals surface area contributed by atoms with Crippen molar-refractivity contribution in [3.05, 3.63) is 60.8 Å². The molecule has 1 saturated heterocycles. The molecule has 0 bridgehead atoms. The Hall–Kier alpha value is -2.64. The number of esters is 1. The SMILES string of the molecule is CCCCC/C=C\C/C=C\CCCCCCCCCCCC(=O)OCCCCCCCCCCCCCCCCC/C=C\C/C=C\CCCCCCCCCCCCCCCCCCCC(=O)NC(COC1OC(CO)C(O)C(O)C1O)C(O)/C=C/CCCCCCCCCCCC. The number of rotatable bonds is 76. The van der Waals surface area contributed by atoms with Gasteiger partial charge in [0.1, 0.15) is 24.4 Å².